The van der Waals surface area contributed by atoms with Crippen LogP contribution >= 0.6 is 11.3 Å². The van der Waals surface area contributed by atoms with E-state index < -0.39 is 0 Å². The molecule has 0 saturated heterocycles. The summed E-state index contributed by atoms with van der Waals surface area (Å²) >= 11 is 1.73. The van der Waals surface area contributed by atoms with E-state index in [4.69, 9.17) is 0 Å². The number of aromatic nitrogens is 3. The summed E-state index contributed by atoms with van der Waals surface area (Å²) in [6.07, 6.45) is 5.64. The molecule has 0 bridgehead atoms. The minimum Gasteiger partial charge on any atom is -0.305 e. The van der Waals surface area contributed by atoms with Gasteiger partial charge in [0.15, 0.2) is 0 Å². The van der Waals surface area contributed by atoms with Gasteiger partial charge in [0.05, 0.1) is 22.9 Å². The third-order valence-corrected chi connectivity index (χ3v) is 5.11. The Morgan fingerprint density at radius 2 is 2.24 bits per heavy atom. The number of thiazole rings is 1. The number of nitrogens with zero attached hydrogens (tertiary/aromatic N) is 3. The van der Waals surface area contributed by atoms with E-state index in [0.29, 0.717) is 6.04 Å². The molecular weight excluding hydrogens is 280 g/mol. The zero-order chi connectivity index (χ0) is 15.0. The first kappa shape index (κ1) is 14.7. The molecule has 1 atom stereocenters. The smallest absolute Gasteiger partial charge is 0.0798 e. The Bertz CT molecular complexity index is 621. The highest BCUT2D eigenvalue weighted by Crippen LogP contribution is 2.32. The van der Waals surface area contributed by atoms with Crippen molar-refractivity contribution in [1.82, 2.24) is 20.1 Å². The maximum atomic E-state index is 4.65. The van der Waals surface area contributed by atoms with Gasteiger partial charge in [-0.1, -0.05) is 0 Å². The number of aryl methyl sites for hydroxylation is 1. The second-order valence-electron chi connectivity index (χ2n) is 6.82. The van der Waals surface area contributed by atoms with Gasteiger partial charge in [0.2, 0.25) is 0 Å². The zero-order valence-electron chi connectivity index (χ0n) is 13.3. The van der Waals surface area contributed by atoms with E-state index >= 15 is 0 Å². The summed E-state index contributed by atoms with van der Waals surface area (Å²) in [5, 5.41) is 8.35. The molecule has 2 aromatic heterocycles. The van der Waals surface area contributed by atoms with Crippen LogP contribution < -0.4 is 5.32 Å². The van der Waals surface area contributed by atoms with E-state index in [2.05, 4.69) is 54.0 Å². The van der Waals surface area contributed by atoms with Gasteiger partial charge >= 0.3 is 0 Å². The van der Waals surface area contributed by atoms with Gasteiger partial charge in [-0.2, -0.15) is 5.10 Å². The molecule has 0 aromatic carbocycles. The lowest BCUT2D eigenvalue weighted by Crippen LogP contribution is -2.29. The van der Waals surface area contributed by atoms with Gasteiger partial charge < -0.3 is 5.32 Å². The lowest BCUT2D eigenvalue weighted by Gasteiger charge is -2.28. The molecule has 1 N–H and O–H groups in total. The Kier molecular flexibility index (Phi) is 3.88. The van der Waals surface area contributed by atoms with Crippen molar-refractivity contribution in [3.8, 4) is 0 Å². The molecular formula is C16H24N4S. The Balaban J connectivity index is 1.78. The quantitative estimate of drug-likeness (QED) is 0.942. The number of hydrogen-bond donors (Lipinski definition) is 1. The molecule has 1 aliphatic carbocycles. The highest BCUT2D eigenvalue weighted by molar-refractivity contribution is 7.09. The van der Waals surface area contributed by atoms with E-state index in [1.807, 2.05) is 5.51 Å². The third-order valence-electron chi connectivity index (χ3n) is 4.17. The maximum absolute atomic E-state index is 4.65. The Morgan fingerprint density at radius 3 is 2.90 bits per heavy atom. The lowest BCUT2D eigenvalue weighted by atomic mass is 9.92. The topological polar surface area (TPSA) is 42.7 Å². The molecule has 3 rings (SSSR count). The Labute approximate surface area is 130 Å². The molecule has 0 fully saturated rings. The van der Waals surface area contributed by atoms with Crippen molar-refractivity contribution in [2.24, 2.45) is 0 Å². The second-order valence-corrected chi connectivity index (χ2v) is 7.76. The second kappa shape index (κ2) is 5.54. The molecule has 0 amide bonds. The average Bonchev–Trinajstić information content (AvgIpc) is 3.02. The molecule has 0 saturated carbocycles. The van der Waals surface area contributed by atoms with Crippen LogP contribution in [0.1, 0.15) is 61.5 Å². The van der Waals surface area contributed by atoms with E-state index in [1.54, 1.807) is 11.3 Å². The van der Waals surface area contributed by atoms with Gasteiger partial charge in [-0.25, -0.2) is 4.98 Å². The van der Waals surface area contributed by atoms with Crippen molar-refractivity contribution in [3.05, 3.63) is 33.5 Å². The summed E-state index contributed by atoms with van der Waals surface area (Å²) < 4.78 is 2.20. The van der Waals surface area contributed by atoms with Crippen molar-refractivity contribution < 1.29 is 0 Å². The van der Waals surface area contributed by atoms with Crippen LogP contribution in [0.5, 0.6) is 0 Å². The monoisotopic (exact) mass is 304 g/mol. The first-order chi connectivity index (χ1) is 9.97. The third kappa shape index (κ3) is 2.90. The number of rotatable bonds is 3. The normalized spacial score (nSPS) is 18.8. The van der Waals surface area contributed by atoms with Gasteiger partial charge in [0, 0.05) is 28.7 Å². The van der Waals surface area contributed by atoms with Crippen molar-refractivity contribution in [1.29, 1.82) is 0 Å². The lowest BCUT2D eigenvalue weighted by molar-refractivity contribution is 0.334. The molecule has 2 aromatic rings. The standard InChI is InChI=1S/C16H24N4S/c1-11-15(21-10-18-11)9-17-13-6-5-7-14-12(13)8-19-20(14)16(2,3)4/h8,10,13,17H,5-7,9H2,1-4H3/t13-/m1/s1. The summed E-state index contributed by atoms with van der Waals surface area (Å²) in [6, 6.07) is 0.423. The summed E-state index contributed by atoms with van der Waals surface area (Å²) in [5.74, 6) is 0. The van der Waals surface area contributed by atoms with Crippen molar-refractivity contribution >= 4 is 11.3 Å². The van der Waals surface area contributed by atoms with Crippen molar-refractivity contribution in [2.75, 3.05) is 0 Å². The predicted molar refractivity (Wildman–Crippen MR) is 86.6 cm³/mol. The van der Waals surface area contributed by atoms with Gasteiger partial charge in [-0.3, -0.25) is 4.68 Å². The molecule has 0 aliphatic heterocycles. The molecule has 21 heavy (non-hydrogen) atoms. The van der Waals surface area contributed by atoms with E-state index in [1.165, 1.54) is 29.0 Å². The fraction of sp³-hybridized carbons (Fsp3) is 0.625. The van der Waals surface area contributed by atoms with Crippen LogP contribution in [0.2, 0.25) is 0 Å². The number of fused-ring (bicyclic) bond motifs is 1. The molecule has 0 unspecified atom stereocenters. The molecule has 5 heteroatoms. The fourth-order valence-electron chi connectivity index (χ4n) is 3.06. The number of hydrogen-bond acceptors (Lipinski definition) is 4. The van der Waals surface area contributed by atoms with Crippen LogP contribution in [0.15, 0.2) is 11.7 Å². The largest absolute Gasteiger partial charge is 0.305 e. The van der Waals surface area contributed by atoms with Crippen LogP contribution in [0, 0.1) is 6.92 Å². The number of nitrogens with one attached hydrogen (secondary N) is 1. The van der Waals surface area contributed by atoms with Gasteiger partial charge in [-0.05, 0) is 47.0 Å². The summed E-state index contributed by atoms with van der Waals surface area (Å²) in [4.78, 5) is 5.66. The molecule has 0 radical (unpaired) electrons. The molecule has 0 spiro atoms. The van der Waals surface area contributed by atoms with Crippen molar-refractivity contribution in [3.63, 3.8) is 0 Å². The summed E-state index contributed by atoms with van der Waals surface area (Å²) in [6.45, 7) is 9.65. The minimum absolute atomic E-state index is 0.0593. The molecule has 4 nitrogen and oxygen atoms in total. The van der Waals surface area contributed by atoms with E-state index in [0.717, 1.165) is 18.7 Å². The van der Waals surface area contributed by atoms with Gasteiger partial charge in [-0.15, -0.1) is 11.3 Å². The van der Waals surface area contributed by atoms with Gasteiger partial charge in [0.1, 0.15) is 0 Å². The van der Waals surface area contributed by atoms with E-state index in [-0.39, 0.29) is 5.54 Å². The van der Waals surface area contributed by atoms with Crippen LogP contribution in [0.3, 0.4) is 0 Å². The molecule has 1 aliphatic rings. The van der Waals surface area contributed by atoms with Gasteiger partial charge in [0.25, 0.3) is 0 Å². The molecule has 114 valence electrons. The SMILES string of the molecule is Cc1ncsc1CN[C@@H]1CCCc2c1cnn2C(C)(C)C. The van der Waals surface area contributed by atoms with Crippen LogP contribution in [0.4, 0.5) is 0 Å². The average molecular weight is 304 g/mol. The Hall–Kier alpha value is -1.20. The highest BCUT2D eigenvalue weighted by Gasteiger charge is 2.27. The highest BCUT2D eigenvalue weighted by atomic mass is 32.1. The Morgan fingerprint density at radius 1 is 1.43 bits per heavy atom. The molecule has 2 heterocycles. The first-order valence-electron chi connectivity index (χ1n) is 7.66. The summed E-state index contributed by atoms with van der Waals surface area (Å²) in [5.41, 5.74) is 5.93. The summed E-state index contributed by atoms with van der Waals surface area (Å²) in [7, 11) is 0. The van der Waals surface area contributed by atoms with Crippen molar-refractivity contribution in [2.45, 2.75) is 65.1 Å². The zero-order valence-corrected chi connectivity index (χ0v) is 14.1. The first-order valence-corrected chi connectivity index (χ1v) is 8.54. The van der Waals surface area contributed by atoms with Crippen LogP contribution in [-0.4, -0.2) is 14.8 Å². The van der Waals surface area contributed by atoms with Crippen LogP contribution in [-0.2, 0) is 18.5 Å². The van der Waals surface area contributed by atoms with Crippen LogP contribution in [0.25, 0.3) is 0 Å². The predicted octanol–water partition coefficient (Wildman–Crippen LogP) is 3.57. The fourth-order valence-corrected chi connectivity index (χ4v) is 3.79. The van der Waals surface area contributed by atoms with E-state index in [9.17, 15) is 0 Å². The minimum atomic E-state index is 0.0593. The maximum Gasteiger partial charge on any atom is 0.0798 e.